The summed E-state index contributed by atoms with van der Waals surface area (Å²) in [6.07, 6.45) is 4.01. The molecule has 0 unspecified atom stereocenters. The predicted octanol–water partition coefficient (Wildman–Crippen LogP) is 4.38. The average molecular weight is 293 g/mol. The van der Waals surface area contributed by atoms with Crippen molar-refractivity contribution in [1.82, 2.24) is 4.98 Å². The molecule has 0 aliphatic heterocycles. The lowest BCUT2D eigenvalue weighted by atomic mass is 10.1. The van der Waals surface area contributed by atoms with Crippen molar-refractivity contribution in [2.24, 2.45) is 0 Å². The molecule has 90 valence electrons. The maximum absolute atomic E-state index is 4.50. The molecular formula is C14H17BrN2. The molecule has 0 aliphatic rings. The maximum atomic E-state index is 4.50. The minimum atomic E-state index is 0.993. The van der Waals surface area contributed by atoms with E-state index in [2.05, 4.69) is 52.2 Å². The number of nitrogens with zero attached hydrogens (tertiary/aromatic N) is 1. The van der Waals surface area contributed by atoms with Crippen LogP contribution in [0.5, 0.6) is 0 Å². The molecule has 0 bridgehead atoms. The quantitative estimate of drug-likeness (QED) is 0.904. The van der Waals surface area contributed by atoms with Crippen molar-refractivity contribution in [3.63, 3.8) is 0 Å². The van der Waals surface area contributed by atoms with Crippen LogP contribution in [-0.2, 0) is 6.42 Å². The topological polar surface area (TPSA) is 24.9 Å². The molecule has 2 rings (SSSR count). The molecule has 1 aromatic carbocycles. The molecule has 0 aliphatic carbocycles. The Bertz CT molecular complexity index is 523. The number of fused-ring (bicyclic) bond motifs is 1. The monoisotopic (exact) mass is 292 g/mol. The van der Waals surface area contributed by atoms with Gasteiger partial charge in [0.2, 0.25) is 0 Å². The van der Waals surface area contributed by atoms with Crippen molar-refractivity contribution < 1.29 is 0 Å². The minimum absolute atomic E-state index is 0.993. The fourth-order valence-corrected chi connectivity index (χ4v) is 2.48. The normalized spacial score (nSPS) is 10.8. The molecule has 2 aromatic rings. The van der Waals surface area contributed by atoms with Crippen LogP contribution in [0.4, 0.5) is 5.69 Å². The second-order valence-electron chi connectivity index (χ2n) is 4.10. The standard InChI is InChI=1S/C14H17BrN2/c1-3-6-16-13-5-7-17-14-10(4-2)8-11(15)9-12(13)14/h5,7-9H,3-4,6H2,1-2H3,(H,16,17). The molecule has 17 heavy (non-hydrogen) atoms. The number of pyridine rings is 1. The Morgan fingerprint density at radius 2 is 2.12 bits per heavy atom. The summed E-state index contributed by atoms with van der Waals surface area (Å²) in [5.41, 5.74) is 3.57. The zero-order valence-corrected chi connectivity index (χ0v) is 11.8. The van der Waals surface area contributed by atoms with Crippen molar-refractivity contribution >= 4 is 32.5 Å². The van der Waals surface area contributed by atoms with E-state index >= 15 is 0 Å². The van der Waals surface area contributed by atoms with Gasteiger partial charge in [0.1, 0.15) is 0 Å². The molecule has 0 spiro atoms. The number of hydrogen-bond donors (Lipinski definition) is 1. The number of hydrogen-bond acceptors (Lipinski definition) is 2. The first-order chi connectivity index (χ1) is 8.26. The third kappa shape index (κ3) is 2.60. The zero-order chi connectivity index (χ0) is 12.3. The first-order valence-electron chi connectivity index (χ1n) is 6.07. The largest absolute Gasteiger partial charge is 0.384 e. The predicted molar refractivity (Wildman–Crippen MR) is 77.6 cm³/mol. The van der Waals surface area contributed by atoms with Crippen LogP contribution in [0.1, 0.15) is 25.8 Å². The van der Waals surface area contributed by atoms with Crippen LogP contribution in [-0.4, -0.2) is 11.5 Å². The first kappa shape index (κ1) is 12.4. The third-order valence-electron chi connectivity index (χ3n) is 2.83. The van der Waals surface area contributed by atoms with Crippen LogP contribution >= 0.6 is 15.9 Å². The van der Waals surface area contributed by atoms with Crippen molar-refractivity contribution in [2.45, 2.75) is 26.7 Å². The lowest BCUT2D eigenvalue weighted by molar-refractivity contribution is 0.981. The third-order valence-corrected chi connectivity index (χ3v) is 3.29. The Morgan fingerprint density at radius 3 is 2.82 bits per heavy atom. The lowest BCUT2D eigenvalue weighted by Gasteiger charge is -2.11. The van der Waals surface area contributed by atoms with E-state index in [1.807, 2.05) is 12.3 Å². The number of nitrogens with one attached hydrogen (secondary N) is 1. The molecule has 1 aromatic heterocycles. The first-order valence-corrected chi connectivity index (χ1v) is 6.86. The van der Waals surface area contributed by atoms with Gasteiger partial charge < -0.3 is 5.32 Å². The fourth-order valence-electron chi connectivity index (χ4n) is 1.97. The Balaban J connectivity index is 2.58. The van der Waals surface area contributed by atoms with Crippen molar-refractivity contribution in [3.8, 4) is 0 Å². The van der Waals surface area contributed by atoms with E-state index in [4.69, 9.17) is 0 Å². The zero-order valence-electron chi connectivity index (χ0n) is 10.3. The van der Waals surface area contributed by atoms with Gasteiger partial charge in [-0.3, -0.25) is 4.98 Å². The van der Waals surface area contributed by atoms with Gasteiger partial charge in [-0.15, -0.1) is 0 Å². The van der Waals surface area contributed by atoms with Gasteiger partial charge in [0.15, 0.2) is 0 Å². The Labute approximate surface area is 111 Å². The minimum Gasteiger partial charge on any atom is -0.384 e. The molecule has 0 saturated carbocycles. The number of aromatic nitrogens is 1. The van der Waals surface area contributed by atoms with Gasteiger partial charge >= 0.3 is 0 Å². The van der Waals surface area contributed by atoms with Gasteiger partial charge in [0.25, 0.3) is 0 Å². The average Bonchev–Trinajstić information content (AvgIpc) is 2.35. The second kappa shape index (κ2) is 5.50. The summed E-state index contributed by atoms with van der Waals surface area (Å²) in [5, 5.41) is 4.66. The van der Waals surface area contributed by atoms with E-state index < -0.39 is 0 Å². The van der Waals surface area contributed by atoms with Crippen LogP contribution in [0.2, 0.25) is 0 Å². The van der Waals surface area contributed by atoms with Crippen LogP contribution in [0, 0.1) is 0 Å². The molecule has 0 atom stereocenters. The summed E-state index contributed by atoms with van der Waals surface area (Å²) in [6, 6.07) is 6.34. The highest BCUT2D eigenvalue weighted by Gasteiger charge is 2.06. The summed E-state index contributed by atoms with van der Waals surface area (Å²) >= 11 is 3.57. The lowest BCUT2D eigenvalue weighted by Crippen LogP contribution is -2.01. The van der Waals surface area contributed by atoms with E-state index in [9.17, 15) is 0 Å². The Hall–Kier alpha value is -1.09. The van der Waals surface area contributed by atoms with E-state index in [1.54, 1.807) is 0 Å². The molecule has 2 nitrogen and oxygen atoms in total. The molecular weight excluding hydrogens is 276 g/mol. The van der Waals surface area contributed by atoms with E-state index in [0.29, 0.717) is 0 Å². The van der Waals surface area contributed by atoms with Gasteiger partial charge in [-0.1, -0.05) is 29.8 Å². The molecule has 0 fully saturated rings. The van der Waals surface area contributed by atoms with E-state index in [0.717, 1.165) is 29.4 Å². The van der Waals surface area contributed by atoms with Gasteiger partial charge in [-0.05, 0) is 36.6 Å². The van der Waals surface area contributed by atoms with Crippen LogP contribution in [0.3, 0.4) is 0 Å². The Morgan fingerprint density at radius 1 is 1.29 bits per heavy atom. The number of aryl methyl sites for hydroxylation is 1. The van der Waals surface area contributed by atoms with Crippen molar-refractivity contribution in [2.75, 3.05) is 11.9 Å². The Kier molecular flexibility index (Phi) is 4.00. The summed E-state index contributed by atoms with van der Waals surface area (Å²) in [5.74, 6) is 0. The molecule has 0 amide bonds. The summed E-state index contributed by atoms with van der Waals surface area (Å²) in [4.78, 5) is 4.50. The van der Waals surface area contributed by atoms with Crippen LogP contribution < -0.4 is 5.32 Å². The highest BCUT2D eigenvalue weighted by molar-refractivity contribution is 9.10. The van der Waals surface area contributed by atoms with Crippen LogP contribution in [0.15, 0.2) is 28.9 Å². The van der Waals surface area contributed by atoms with E-state index in [-0.39, 0.29) is 0 Å². The van der Waals surface area contributed by atoms with Crippen molar-refractivity contribution in [3.05, 3.63) is 34.4 Å². The van der Waals surface area contributed by atoms with Gasteiger partial charge in [0.05, 0.1) is 5.52 Å². The van der Waals surface area contributed by atoms with E-state index in [1.165, 1.54) is 16.6 Å². The van der Waals surface area contributed by atoms with Crippen LogP contribution in [0.25, 0.3) is 10.9 Å². The number of anilines is 1. The van der Waals surface area contributed by atoms with Gasteiger partial charge in [-0.25, -0.2) is 0 Å². The molecule has 3 heteroatoms. The summed E-state index contributed by atoms with van der Waals surface area (Å²) < 4.78 is 1.12. The summed E-state index contributed by atoms with van der Waals surface area (Å²) in [6.45, 7) is 5.33. The van der Waals surface area contributed by atoms with Gasteiger partial charge in [0, 0.05) is 28.3 Å². The number of benzene rings is 1. The second-order valence-corrected chi connectivity index (χ2v) is 5.02. The highest BCUT2D eigenvalue weighted by Crippen LogP contribution is 2.28. The van der Waals surface area contributed by atoms with Crippen molar-refractivity contribution in [1.29, 1.82) is 0 Å². The molecule has 1 N–H and O–H groups in total. The molecule has 1 heterocycles. The molecule has 0 radical (unpaired) electrons. The maximum Gasteiger partial charge on any atom is 0.0755 e. The SMILES string of the molecule is CCCNc1ccnc2c(CC)cc(Br)cc12. The highest BCUT2D eigenvalue weighted by atomic mass is 79.9. The number of halogens is 1. The number of rotatable bonds is 4. The molecule has 0 saturated heterocycles. The van der Waals surface area contributed by atoms with Gasteiger partial charge in [-0.2, -0.15) is 0 Å². The fraction of sp³-hybridized carbons (Fsp3) is 0.357. The summed E-state index contributed by atoms with van der Waals surface area (Å²) in [7, 11) is 0. The smallest absolute Gasteiger partial charge is 0.0755 e.